The quantitative estimate of drug-likeness (QED) is 0.855. The summed E-state index contributed by atoms with van der Waals surface area (Å²) in [6.45, 7) is 3.08. The molecule has 1 heterocycles. The summed E-state index contributed by atoms with van der Waals surface area (Å²) in [4.78, 5) is 0. The third-order valence-electron chi connectivity index (χ3n) is 3.42. The molecular formula is C14H17F4NO. The summed E-state index contributed by atoms with van der Waals surface area (Å²) in [5.74, 6) is -1.25. The van der Waals surface area contributed by atoms with E-state index in [2.05, 4.69) is 5.32 Å². The van der Waals surface area contributed by atoms with Crippen LogP contribution in [-0.2, 0) is 10.9 Å². The van der Waals surface area contributed by atoms with Gasteiger partial charge in [0.2, 0.25) is 0 Å². The van der Waals surface area contributed by atoms with E-state index in [1.54, 1.807) is 0 Å². The third-order valence-corrected chi connectivity index (χ3v) is 3.42. The SMILES string of the molecule is CCNC(c1ccc(F)c(C(F)(F)F)c1)C1CCCO1. The fourth-order valence-corrected chi connectivity index (χ4v) is 2.50. The number of hydrogen-bond acceptors (Lipinski definition) is 2. The summed E-state index contributed by atoms with van der Waals surface area (Å²) < 4.78 is 57.2. The lowest BCUT2D eigenvalue weighted by Crippen LogP contribution is -2.31. The van der Waals surface area contributed by atoms with Gasteiger partial charge in [0, 0.05) is 6.61 Å². The van der Waals surface area contributed by atoms with E-state index in [0.29, 0.717) is 18.7 Å². The van der Waals surface area contributed by atoms with Crippen molar-refractivity contribution >= 4 is 0 Å². The Morgan fingerprint density at radius 1 is 1.40 bits per heavy atom. The molecule has 0 bridgehead atoms. The van der Waals surface area contributed by atoms with Crippen LogP contribution in [0.3, 0.4) is 0 Å². The second-order valence-corrected chi connectivity index (χ2v) is 4.82. The van der Waals surface area contributed by atoms with Crippen molar-refractivity contribution in [1.82, 2.24) is 5.32 Å². The molecule has 2 rings (SSSR count). The van der Waals surface area contributed by atoms with Crippen LogP contribution in [0.2, 0.25) is 0 Å². The minimum absolute atomic E-state index is 0.165. The summed E-state index contributed by atoms with van der Waals surface area (Å²) in [7, 11) is 0. The van der Waals surface area contributed by atoms with Gasteiger partial charge in [-0.1, -0.05) is 13.0 Å². The van der Waals surface area contributed by atoms with E-state index in [-0.39, 0.29) is 12.1 Å². The minimum Gasteiger partial charge on any atom is -0.376 e. The van der Waals surface area contributed by atoms with E-state index in [1.165, 1.54) is 6.07 Å². The first kappa shape index (κ1) is 15.3. The minimum atomic E-state index is -4.69. The van der Waals surface area contributed by atoms with Gasteiger partial charge in [0.15, 0.2) is 0 Å². The molecule has 0 aliphatic carbocycles. The Balaban J connectivity index is 2.33. The molecule has 112 valence electrons. The molecule has 1 aliphatic heterocycles. The Morgan fingerprint density at radius 2 is 2.15 bits per heavy atom. The van der Waals surface area contributed by atoms with Crippen LogP contribution in [0.1, 0.15) is 36.9 Å². The van der Waals surface area contributed by atoms with Crippen molar-refractivity contribution in [2.45, 2.75) is 38.1 Å². The van der Waals surface area contributed by atoms with Crippen LogP contribution < -0.4 is 5.32 Å². The largest absolute Gasteiger partial charge is 0.419 e. The van der Waals surface area contributed by atoms with Crippen molar-refractivity contribution in [2.75, 3.05) is 13.2 Å². The summed E-state index contributed by atoms with van der Waals surface area (Å²) >= 11 is 0. The maximum absolute atomic E-state index is 13.3. The van der Waals surface area contributed by atoms with Crippen molar-refractivity contribution in [2.24, 2.45) is 0 Å². The summed E-state index contributed by atoms with van der Waals surface area (Å²) in [6, 6.07) is 2.80. The predicted molar refractivity (Wildman–Crippen MR) is 66.8 cm³/mol. The highest BCUT2D eigenvalue weighted by Gasteiger charge is 2.35. The van der Waals surface area contributed by atoms with E-state index in [4.69, 9.17) is 4.74 Å². The molecule has 0 spiro atoms. The Kier molecular flexibility index (Phi) is 4.65. The molecule has 1 aliphatic rings. The maximum Gasteiger partial charge on any atom is 0.419 e. The Bertz CT molecular complexity index is 455. The monoisotopic (exact) mass is 291 g/mol. The van der Waals surface area contributed by atoms with Crippen LogP contribution >= 0.6 is 0 Å². The molecule has 20 heavy (non-hydrogen) atoms. The molecular weight excluding hydrogens is 274 g/mol. The first-order valence-electron chi connectivity index (χ1n) is 6.65. The molecule has 1 aromatic carbocycles. The van der Waals surface area contributed by atoms with Gasteiger partial charge in [-0.3, -0.25) is 0 Å². The van der Waals surface area contributed by atoms with Gasteiger partial charge < -0.3 is 10.1 Å². The third kappa shape index (κ3) is 3.30. The normalized spacial score (nSPS) is 21.1. The Hall–Kier alpha value is -1.14. The molecule has 6 heteroatoms. The van der Waals surface area contributed by atoms with Crippen molar-refractivity contribution in [1.29, 1.82) is 0 Å². The van der Waals surface area contributed by atoms with Gasteiger partial charge in [-0.05, 0) is 37.1 Å². The van der Waals surface area contributed by atoms with E-state index < -0.39 is 17.6 Å². The lowest BCUT2D eigenvalue weighted by molar-refractivity contribution is -0.140. The van der Waals surface area contributed by atoms with E-state index >= 15 is 0 Å². The zero-order valence-electron chi connectivity index (χ0n) is 11.1. The summed E-state index contributed by atoms with van der Waals surface area (Å²) in [5.41, 5.74) is -0.816. The van der Waals surface area contributed by atoms with Crippen LogP contribution in [0.5, 0.6) is 0 Å². The Morgan fingerprint density at radius 3 is 2.70 bits per heavy atom. The standard InChI is InChI=1S/C14H17F4NO/c1-2-19-13(12-4-3-7-20-12)9-5-6-11(15)10(8-9)14(16,17)18/h5-6,8,12-13,19H,2-4,7H2,1H3. The molecule has 1 saturated heterocycles. The lowest BCUT2D eigenvalue weighted by Gasteiger charge is -2.25. The van der Waals surface area contributed by atoms with E-state index in [9.17, 15) is 17.6 Å². The first-order valence-corrected chi connectivity index (χ1v) is 6.65. The van der Waals surface area contributed by atoms with Gasteiger partial charge in [0.05, 0.1) is 17.7 Å². The molecule has 0 radical (unpaired) electrons. The van der Waals surface area contributed by atoms with Gasteiger partial charge in [-0.2, -0.15) is 13.2 Å². The van der Waals surface area contributed by atoms with E-state index in [0.717, 1.165) is 25.0 Å². The first-order chi connectivity index (χ1) is 9.43. The average Bonchev–Trinajstić information content (AvgIpc) is 2.89. The van der Waals surface area contributed by atoms with Gasteiger partial charge >= 0.3 is 6.18 Å². The van der Waals surface area contributed by atoms with Gasteiger partial charge in [-0.25, -0.2) is 4.39 Å². The fourth-order valence-electron chi connectivity index (χ4n) is 2.50. The highest BCUT2D eigenvalue weighted by molar-refractivity contribution is 5.30. The number of ether oxygens (including phenoxy) is 1. The molecule has 0 saturated carbocycles. The Labute approximate surface area is 115 Å². The van der Waals surface area contributed by atoms with E-state index in [1.807, 2.05) is 6.92 Å². The van der Waals surface area contributed by atoms with Crippen molar-refractivity contribution in [3.8, 4) is 0 Å². The predicted octanol–water partition coefficient (Wildman–Crippen LogP) is 3.67. The highest BCUT2D eigenvalue weighted by atomic mass is 19.4. The molecule has 1 N–H and O–H groups in total. The van der Waals surface area contributed by atoms with Crippen LogP contribution in [-0.4, -0.2) is 19.3 Å². The zero-order chi connectivity index (χ0) is 14.8. The topological polar surface area (TPSA) is 21.3 Å². The molecule has 1 fully saturated rings. The molecule has 2 atom stereocenters. The summed E-state index contributed by atoms with van der Waals surface area (Å²) in [5, 5.41) is 3.12. The number of benzene rings is 1. The van der Waals surface area contributed by atoms with Crippen molar-refractivity contribution in [3.63, 3.8) is 0 Å². The highest BCUT2D eigenvalue weighted by Crippen LogP contribution is 2.35. The van der Waals surface area contributed by atoms with Crippen molar-refractivity contribution in [3.05, 3.63) is 35.1 Å². The second kappa shape index (κ2) is 6.10. The fraction of sp³-hybridized carbons (Fsp3) is 0.571. The van der Waals surface area contributed by atoms with Crippen LogP contribution in [0.25, 0.3) is 0 Å². The van der Waals surface area contributed by atoms with Crippen LogP contribution in [0, 0.1) is 5.82 Å². The average molecular weight is 291 g/mol. The lowest BCUT2D eigenvalue weighted by atomic mass is 9.97. The number of hydrogen-bond donors (Lipinski definition) is 1. The van der Waals surface area contributed by atoms with Crippen LogP contribution in [0.15, 0.2) is 18.2 Å². The molecule has 2 nitrogen and oxygen atoms in total. The number of nitrogens with one attached hydrogen (secondary N) is 1. The second-order valence-electron chi connectivity index (χ2n) is 4.82. The molecule has 1 aromatic rings. The van der Waals surface area contributed by atoms with Gasteiger partial charge in [-0.15, -0.1) is 0 Å². The van der Waals surface area contributed by atoms with Crippen molar-refractivity contribution < 1.29 is 22.3 Å². The smallest absolute Gasteiger partial charge is 0.376 e. The number of likely N-dealkylation sites (N-methyl/N-ethyl adjacent to an activating group) is 1. The van der Waals surface area contributed by atoms with Gasteiger partial charge in [0.25, 0.3) is 0 Å². The van der Waals surface area contributed by atoms with Crippen LogP contribution in [0.4, 0.5) is 17.6 Å². The number of halogens is 4. The molecule has 0 aromatic heterocycles. The molecule has 0 amide bonds. The summed E-state index contributed by atoms with van der Waals surface area (Å²) in [6.07, 6.45) is -3.18. The number of rotatable bonds is 4. The van der Waals surface area contributed by atoms with Gasteiger partial charge in [0.1, 0.15) is 5.82 Å². The maximum atomic E-state index is 13.3. The zero-order valence-corrected chi connectivity index (χ0v) is 11.1. The number of alkyl halides is 3. The molecule has 2 unspecified atom stereocenters.